The lowest BCUT2D eigenvalue weighted by molar-refractivity contribution is 0.0929. The number of alkyl halides is 1. The molecule has 1 N–H and O–H groups in total. The predicted octanol–water partition coefficient (Wildman–Crippen LogP) is 3.78. The zero-order chi connectivity index (χ0) is 12.1. The van der Waals surface area contributed by atoms with E-state index in [1.807, 2.05) is 5.38 Å². The van der Waals surface area contributed by atoms with Gasteiger partial charge in [0.05, 0.1) is 5.02 Å². The SMILES string of the molecule is CC(C)C(CCCl)NC(=O)c1sccc1Cl. The van der Waals surface area contributed by atoms with Crippen molar-refractivity contribution in [3.63, 3.8) is 0 Å². The van der Waals surface area contributed by atoms with Crippen LogP contribution in [0.15, 0.2) is 11.4 Å². The standard InChI is InChI=1S/C11H15Cl2NOS/c1-7(2)9(3-5-12)14-11(15)10-8(13)4-6-16-10/h4,6-7,9H,3,5H2,1-2H3,(H,14,15). The molecule has 2 nitrogen and oxygen atoms in total. The number of thiophene rings is 1. The van der Waals surface area contributed by atoms with Crippen molar-refractivity contribution in [1.29, 1.82) is 0 Å². The van der Waals surface area contributed by atoms with Crippen LogP contribution in [0.25, 0.3) is 0 Å². The fraction of sp³-hybridized carbons (Fsp3) is 0.545. The van der Waals surface area contributed by atoms with Gasteiger partial charge in [0.15, 0.2) is 0 Å². The molecule has 0 fully saturated rings. The van der Waals surface area contributed by atoms with Crippen LogP contribution in [0.5, 0.6) is 0 Å². The molecule has 16 heavy (non-hydrogen) atoms. The first kappa shape index (κ1) is 13.8. The summed E-state index contributed by atoms with van der Waals surface area (Å²) in [6, 6.07) is 1.83. The van der Waals surface area contributed by atoms with Gasteiger partial charge in [-0.05, 0) is 23.8 Å². The van der Waals surface area contributed by atoms with E-state index in [9.17, 15) is 4.79 Å². The number of nitrogens with one attached hydrogen (secondary N) is 1. The summed E-state index contributed by atoms with van der Waals surface area (Å²) in [7, 11) is 0. The minimum absolute atomic E-state index is 0.100. The van der Waals surface area contributed by atoms with Gasteiger partial charge in [0.2, 0.25) is 0 Å². The first-order valence-electron chi connectivity index (χ1n) is 5.16. The Balaban J connectivity index is 2.65. The number of amides is 1. The third kappa shape index (κ3) is 3.65. The molecule has 0 saturated heterocycles. The molecule has 0 radical (unpaired) electrons. The van der Waals surface area contributed by atoms with Crippen LogP contribution in [-0.2, 0) is 0 Å². The molecule has 1 aromatic heterocycles. The van der Waals surface area contributed by atoms with Gasteiger partial charge in [-0.25, -0.2) is 0 Å². The van der Waals surface area contributed by atoms with Gasteiger partial charge in [0, 0.05) is 11.9 Å². The molecule has 90 valence electrons. The molecule has 0 saturated carbocycles. The Morgan fingerprint density at radius 3 is 2.69 bits per heavy atom. The number of halogens is 2. The summed E-state index contributed by atoms with van der Waals surface area (Å²) in [4.78, 5) is 12.5. The Morgan fingerprint density at radius 2 is 2.25 bits per heavy atom. The number of hydrogen-bond acceptors (Lipinski definition) is 2. The summed E-state index contributed by atoms with van der Waals surface area (Å²) in [6.07, 6.45) is 0.772. The van der Waals surface area contributed by atoms with Gasteiger partial charge in [-0.1, -0.05) is 25.4 Å². The summed E-state index contributed by atoms with van der Waals surface area (Å²) >= 11 is 13.0. The quantitative estimate of drug-likeness (QED) is 0.817. The monoisotopic (exact) mass is 279 g/mol. The van der Waals surface area contributed by atoms with Crippen LogP contribution in [0.4, 0.5) is 0 Å². The minimum Gasteiger partial charge on any atom is -0.348 e. The van der Waals surface area contributed by atoms with Crippen LogP contribution < -0.4 is 5.32 Å². The van der Waals surface area contributed by atoms with Crippen molar-refractivity contribution in [3.8, 4) is 0 Å². The van der Waals surface area contributed by atoms with E-state index in [4.69, 9.17) is 23.2 Å². The highest BCUT2D eigenvalue weighted by Crippen LogP contribution is 2.22. The van der Waals surface area contributed by atoms with E-state index in [1.54, 1.807) is 6.07 Å². The van der Waals surface area contributed by atoms with E-state index in [0.717, 1.165) is 6.42 Å². The van der Waals surface area contributed by atoms with Crippen LogP contribution in [0, 0.1) is 5.92 Å². The molecule has 0 aromatic carbocycles. The molecule has 0 aliphatic heterocycles. The van der Waals surface area contributed by atoms with Crippen molar-refractivity contribution < 1.29 is 4.79 Å². The molecular weight excluding hydrogens is 265 g/mol. The molecule has 0 aliphatic rings. The maximum Gasteiger partial charge on any atom is 0.263 e. The maximum atomic E-state index is 11.9. The normalized spacial score (nSPS) is 12.8. The first-order chi connectivity index (χ1) is 7.56. The van der Waals surface area contributed by atoms with Crippen LogP contribution >= 0.6 is 34.5 Å². The van der Waals surface area contributed by atoms with Gasteiger partial charge in [-0.15, -0.1) is 22.9 Å². The Labute approximate surface area is 110 Å². The molecule has 0 bridgehead atoms. The maximum absolute atomic E-state index is 11.9. The number of hydrogen-bond donors (Lipinski definition) is 1. The molecule has 1 aromatic rings. The molecule has 1 atom stereocenters. The van der Waals surface area contributed by atoms with Crippen LogP contribution in [0.3, 0.4) is 0 Å². The lowest BCUT2D eigenvalue weighted by atomic mass is 10.0. The van der Waals surface area contributed by atoms with Gasteiger partial charge in [-0.2, -0.15) is 0 Å². The van der Waals surface area contributed by atoms with Crippen molar-refractivity contribution in [2.45, 2.75) is 26.3 Å². The van der Waals surface area contributed by atoms with E-state index >= 15 is 0 Å². The average molecular weight is 280 g/mol. The summed E-state index contributed by atoms with van der Waals surface area (Å²) in [5.74, 6) is 0.798. The fourth-order valence-electron chi connectivity index (χ4n) is 1.38. The molecule has 1 unspecified atom stereocenters. The summed E-state index contributed by atoms with van der Waals surface area (Å²) in [6.45, 7) is 4.13. The topological polar surface area (TPSA) is 29.1 Å². The van der Waals surface area contributed by atoms with Crippen molar-refractivity contribution in [3.05, 3.63) is 21.3 Å². The third-order valence-electron chi connectivity index (χ3n) is 2.36. The number of rotatable bonds is 5. The molecule has 1 heterocycles. The highest BCUT2D eigenvalue weighted by atomic mass is 35.5. The number of carbonyl (C=O) groups excluding carboxylic acids is 1. The zero-order valence-electron chi connectivity index (χ0n) is 9.30. The molecule has 5 heteroatoms. The molecule has 0 aliphatic carbocycles. The average Bonchev–Trinajstić information content (AvgIpc) is 2.63. The Hall–Kier alpha value is -0.250. The lowest BCUT2D eigenvalue weighted by Gasteiger charge is -2.21. The van der Waals surface area contributed by atoms with E-state index in [2.05, 4.69) is 19.2 Å². The van der Waals surface area contributed by atoms with Gasteiger partial charge in [0.25, 0.3) is 5.91 Å². The minimum atomic E-state index is -0.108. The van der Waals surface area contributed by atoms with Gasteiger partial charge in [-0.3, -0.25) is 4.79 Å². The first-order valence-corrected chi connectivity index (χ1v) is 6.95. The second kappa shape index (κ2) is 6.48. The van der Waals surface area contributed by atoms with Crippen molar-refractivity contribution in [2.75, 3.05) is 5.88 Å². The van der Waals surface area contributed by atoms with Crippen molar-refractivity contribution in [1.82, 2.24) is 5.32 Å². The summed E-state index contributed by atoms with van der Waals surface area (Å²) in [5.41, 5.74) is 0. The highest BCUT2D eigenvalue weighted by Gasteiger charge is 2.18. The van der Waals surface area contributed by atoms with E-state index < -0.39 is 0 Å². The van der Waals surface area contributed by atoms with Gasteiger partial charge < -0.3 is 5.32 Å². The lowest BCUT2D eigenvalue weighted by Crippen LogP contribution is -2.38. The van der Waals surface area contributed by atoms with E-state index in [1.165, 1.54) is 11.3 Å². The van der Waals surface area contributed by atoms with Crippen molar-refractivity contribution >= 4 is 40.4 Å². The third-order valence-corrected chi connectivity index (χ3v) is 3.92. The van der Waals surface area contributed by atoms with E-state index in [0.29, 0.717) is 21.7 Å². The Kier molecular flexibility index (Phi) is 5.59. The molecule has 1 amide bonds. The summed E-state index contributed by atoms with van der Waals surface area (Å²) < 4.78 is 0. The van der Waals surface area contributed by atoms with E-state index in [-0.39, 0.29) is 11.9 Å². The number of carbonyl (C=O) groups is 1. The highest BCUT2D eigenvalue weighted by molar-refractivity contribution is 7.12. The van der Waals surface area contributed by atoms with Crippen LogP contribution in [-0.4, -0.2) is 17.8 Å². The zero-order valence-corrected chi connectivity index (χ0v) is 11.6. The predicted molar refractivity (Wildman–Crippen MR) is 70.8 cm³/mol. The summed E-state index contributed by atoms with van der Waals surface area (Å²) in [5, 5.41) is 5.28. The Bertz CT molecular complexity index is 352. The van der Waals surface area contributed by atoms with Crippen LogP contribution in [0.1, 0.15) is 29.9 Å². The molecule has 1 rings (SSSR count). The second-order valence-electron chi connectivity index (χ2n) is 3.90. The molecule has 0 spiro atoms. The van der Waals surface area contributed by atoms with Gasteiger partial charge >= 0.3 is 0 Å². The van der Waals surface area contributed by atoms with Gasteiger partial charge in [0.1, 0.15) is 4.88 Å². The molecular formula is C11H15Cl2NOS. The van der Waals surface area contributed by atoms with Crippen LogP contribution in [0.2, 0.25) is 5.02 Å². The fourth-order valence-corrected chi connectivity index (χ4v) is 2.66. The second-order valence-corrected chi connectivity index (χ2v) is 5.60. The Morgan fingerprint density at radius 1 is 1.56 bits per heavy atom. The smallest absolute Gasteiger partial charge is 0.263 e. The van der Waals surface area contributed by atoms with Crippen molar-refractivity contribution in [2.24, 2.45) is 5.92 Å². The largest absolute Gasteiger partial charge is 0.348 e.